The van der Waals surface area contributed by atoms with E-state index >= 15 is 0 Å². The summed E-state index contributed by atoms with van der Waals surface area (Å²) < 4.78 is 19.1. The van der Waals surface area contributed by atoms with Crippen molar-refractivity contribution in [2.45, 2.75) is 25.6 Å². The van der Waals surface area contributed by atoms with Crippen LogP contribution in [0, 0.1) is 5.82 Å². The lowest BCUT2D eigenvalue weighted by Crippen LogP contribution is -2.46. The van der Waals surface area contributed by atoms with Crippen molar-refractivity contribution >= 4 is 29.4 Å². The van der Waals surface area contributed by atoms with Crippen LogP contribution in [0.25, 0.3) is 11.3 Å². The molecule has 0 spiro atoms. The fourth-order valence-corrected chi connectivity index (χ4v) is 4.63. The summed E-state index contributed by atoms with van der Waals surface area (Å²) in [4.78, 5) is 41.0. The van der Waals surface area contributed by atoms with Gasteiger partial charge in [0.15, 0.2) is 0 Å². The molecule has 0 saturated carbocycles. The quantitative estimate of drug-likeness (QED) is 0.250. The van der Waals surface area contributed by atoms with Crippen LogP contribution in [0.1, 0.15) is 34.6 Å². The van der Waals surface area contributed by atoms with E-state index in [1.165, 1.54) is 36.4 Å². The van der Waals surface area contributed by atoms with Gasteiger partial charge in [-0.15, -0.1) is 5.53 Å². The van der Waals surface area contributed by atoms with Crippen molar-refractivity contribution in [1.82, 2.24) is 41.1 Å². The van der Waals surface area contributed by atoms with Crippen LogP contribution in [0.15, 0.2) is 48.7 Å². The first-order valence-corrected chi connectivity index (χ1v) is 12.9. The van der Waals surface area contributed by atoms with Gasteiger partial charge >= 0.3 is 0 Å². The Morgan fingerprint density at radius 1 is 1.27 bits per heavy atom. The number of nitrogens with one attached hydrogen (secondary N) is 4. The molecule has 0 unspecified atom stereocenters. The van der Waals surface area contributed by atoms with Gasteiger partial charge in [0.05, 0.1) is 60.7 Å². The van der Waals surface area contributed by atoms with Crippen molar-refractivity contribution in [2.75, 3.05) is 26.1 Å². The first kappa shape index (κ1) is 28.0. The summed E-state index contributed by atoms with van der Waals surface area (Å²) in [7, 11) is 3.20. The number of ether oxygens (including phenoxy) is 1. The standard InChI is InChI=1S/C26H27ClFN9O4/c1-13(24(39)31-21(12-38)14-4-16(28)7-17(5-14)41-3)37-10-20-18(25(37)40)6-15(8-29-20)23-19(27)9-30-26(33-23)32-22-11-36(2)35-34-22/h4-9,11,13,21,34-35,38H,10,12H2,1-3H3,(H,31,39)(H,30,32,33)/t13-,21-/m1/s1. The van der Waals surface area contributed by atoms with E-state index in [1.807, 2.05) is 7.05 Å². The van der Waals surface area contributed by atoms with E-state index in [-0.39, 0.29) is 23.3 Å². The average Bonchev–Trinajstić information content (AvgIpc) is 3.53. The molecular weight excluding hydrogens is 557 g/mol. The molecule has 2 amide bonds. The maximum Gasteiger partial charge on any atom is 0.256 e. The molecule has 1 aromatic carbocycles. The molecule has 0 saturated heterocycles. The molecule has 0 aliphatic carbocycles. The number of fused-ring (bicyclic) bond motifs is 1. The number of methoxy groups -OCH3 is 1. The van der Waals surface area contributed by atoms with Crippen LogP contribution in [-0.4, -0.2) is 68.6 Å². The third-order valence-electron chi connectivity index (χ3n) is 6.61. The topological polar surface area (TPSA) is 157 Å². The molecule has 2 atom stereocenters. The van der Waals surface area contributed by atoms with E-state index in [1.54, 1.807) is 30.4 Å². The third-order valence-corrected chi connectivity index (χ3v) is 6.89. The summed E-state index contributed by atoms with van der Waals surface area (Å²) in [5.74, 6) is -0.368. The first-order chi connectivity index (χ1) is 19.7. The van der Waals surface area contributed by atoms with Gasteiger partial charge in [-0.05, 0) is 30.7 Å². The zero-order valence-corrected chi connectivity index (χ0v) is 23.0. The summed E-state index contributed by atoms with van der Waals surface area (Å²) in [6.45, 7) is 1.18. The highest BCUT2D eigenvalue weighted by molar-refractivity contribution is 6.33. The molecule has 41 heavy (non-hydrogen) atoms. The van der Waals surface area contributed by atoms with Gasteiger partial charge in [-0.1, -0.05) is 11.6 Å². The van der Waals surface area contributed by atoms with Crippen LogP contribution in [0.5, 0.6) is 5.75 Å². The number of hydrazine groups is 2. The molecule has 214 valence electrons. The van der Waals surface area contributed by atoms with E-state index in [9.17, 15) is 19.1 Å². The molecule has 2 aliphatic heterocycles. The maximum absolute atomic E-state index is 14.0. The Labute approximate surface area is 239 Å². The monoisotopic (exact) mass is 583 g/mol. The number of aliphatic hydroxyl groups is 1. The smallest absolute Gasteiger partial charge is 0.256 e. The number of pyridine rings is 1. The highest BCUT2D eigenvalue weighted by Crippen LogP contribution is 2.31. The van der Waals surface area contributed by atoms with E-state index in [0.717, 1.165) is 0 Å². The number of amides is 2. The second-order valence-electron chi connectivity index (χ2n) is 9.40. The van der Waals surface area contributed by atoms with E-state index in [2.05, 4.69) is 36.5 Å². The number of hydrogen-bond donors (Lipinski definition) is 5. The number of rotatable bonds is 9. The van der Waals surface area contributed by atoms with E-state index < -0.39 is 36.3 Å². The molecule has 0 bridgehead atoms. The van der Waals surface area contributed by atoms with Crippen LogP contribution in [-0.2, 0) is 11.3 Å². The van der Waals surface area contributed by atoms with Crippen LogP contribution in [0.2, 0.25) is 5.02 Å². The van der Waals surface area contributed by atoms with Gasteiger partial charge in [0.1, 0.15) is 23.4 Å². The number of carbonyl (C=O) groups is 2. The second kappa shape index (κ2) is 11.5. The Kier molecular flexibility index (Phi) is 7.88. The number of hydrogen-bond acceptors (Lipinski definition) is 11. The summed E-state index contributed by atoms with van der Waals surface area (Å²) in [6, 6.07) is 3.72. The van der Waals surface area contributed by atoms with Gasteiger partial charge in [0, 0.05) is 24.9 Å². The maximum atomic E-state index is 14.0. The van der Waals surface area contributed by atoms with Crippen LogP contribution >= 0.6 is 11.6 Å². The van der Waals surface area contributed by atoms with Gasteiger partial charge in [-0.25, -0.2) is 14.4 Å². The van der Waals surface area contributed by atoms with Crippen molar-refractivity contribution in [1.29, 1.82) is 0 Å². The molecule has 5 N–H and O–H groups in total. The Balaban J connectivity index is 1.32. The van der Waals surface area contributed by atoms with Gasteiger partial charge < -0.3 is 25.4 Å². The van der Waals surface area contributed by atoms with Crippen molar-refractivity contribution in [3.05, 3.63) is 76.3 Å². The molecule has 0 radical (unpaired) electrons. The number of nitrogens with zero attached hydrogens (tertiary/aromatic N) is 5. The molecule has 13 nitrogen and oxygen atoms in total. The molecule has 4 heterocycles. The molecular formula is C26H27ClFN9O4. The molecule has 2 aromatic heterocycles. The Hall–Kier alpha value is -4.53. The van der Waals surface area contributed by atoms with Crippen LogP contribution < -0.4 is 26.3 Å². The number of aromatic nitrogens is 3. The highest BCUT2D eigenvalue weighted by atomic mass is 35.5. The second-order valence-corrected chi connectivity index (χ2v) is 9.81. The predicted octanol–water partition coefficient (Wildman–Crippen LogP) is 1.70. The van der Waals surface area contributed by atoms with Gasteiger partial charge in [0.2, 0.25) is 11.9 Å². The van der Waals surface area contributed by atoms with Gasteiger partial charge in [-0.2, -0.15) is 0 Å². The molecule has 2 aliphatic rings. The number of anilines is 1. The number of carbonyl (C=O) groups excluding carboxylic acids is 2. The normalized spacial score (nSPS) is 15.7. The fourth-order valence-electron chi connectivity index (χ4n) is 4.43. The summed E-state index contributed by atoms with van der Waals surface area (Å²) in [6.07, 6.45) is 4.76. The van der Waals surface area contributed by atoms with Crippen molar-refractivity contribution in [2.24, 2.45) is 0 Å². The number of benzene rings is 1. The van der Waals surface area contributed by atoms with Crippen molar-refractivity contribution in [3.63, 3.8) is 0 Å². The summed E-state index contributed by atoms with van der Waals surface area (Å²) in [5.41, 5.74) is 7.76. The number of halogens is 2. The molecule has 15 heteroatoms. The van der Waals surface area contributed by atoms with Gasteiger partial charge in [-0.3, -0.25) is 25.0 Å². The third kappa shape index (κ3) is 5.84. The molecule has 5 rings (SSSR count). The van der Waals surface area contributed by atoms with Gasteiger partial charge in [0.25, 0.3) is 5.91 Å². The SMILES string of the molecule is COc1cc(F)cc([C@@H](CO)NC(=O)[C@@H](C)N2Cc3ncc(-c4nc(NC5=CN(C)NN5)ncc4Cl)cc3C2=O)c1. The Bertz CT molecular complexity index is 1540. The minimum Gasteiger partial charge on any atom is -0.497 e. The minimum atomic E-state index is -0.915. The molecule has 3 aromatic rings. The minimum absolute atomic E-state index is 0.102. The van der Waals surface area contributed by atoms with E-state index in [0.29, 0.717) is 33.9 Å². The largest absolute Gasteiger partial charge is 0.497 e. The fraction of sp³-hybridized carbons (Fsp3) is 0.269. The Morgan fingerprint density at radius 3 is 2.78 bits per heavy atom. The zero-order chi connectivity index (χ0) is 29.3. The lowest BCUT2D eigenvalue weighted by molar-refractivity contribution is -0.126. The molecule has 0 fully saturated rings. The van der Waals surface area contributed by atoms with Crippen molar-refractivity contribution in [3.8, 4) is 17.0 Å². The Morgan fingerprint density at radius 2 is 2.07 bits per heavy atom. The van der Waals surface area contributed by atoms with Crippen LogP contribution in [0.3, 0.4) is 0 Å². The first-order valence-electron chi connectivity index (χ1n) is 12.5. The van der Waals surface area contributed by atoms with Crippen molar-refractivity contribution < 1.29 is 23.8 Å². The predicted molar refractivity (Wildman–Crippen MR) is 146 cm³/mol. The lowest BCUT2D eigenvalue weighted by atomic mass is 10.1. The van der Waals surface area contributed by atoms with Crippen LogP contribution in [0.4, 0.5) is 10.3 Å². The summed E-state index contributed by atoms with van der Waals surface area (Å²) >= 11 is 6.39. The lowest BCUT2D eigenvalue weighted by Gasteiger charge is -2.26. The van der Waals surface area contributed by atoms with E-state index in [4.69, 9.17) is 16.3 Å². The number of aliphatic hydroxyl groups excluding tert-OH is 1. The average molecular weight is 584 g/mol. The summed E-state index contributed by atoms with van der Waals surface area (Å²) in [5, 5.41) is 17.6. The highest BCUT2D eigenvalue weighted by Gasteiger charge is 2.36. The zero-order valence-electron chi connectivity index (χ0n) is 22.3.